The van der Waals surface area contributed by atoms with Crippen LogP contribution in [0.3, 0.4) is 0 Å². The fourth-order valence-electron chi connectivity index (χ4n) is 2.38. The maximum Gasteiger partial charge on any atom is 0.416 e. The van der Waals surface area contributed by atoms with Gasteiger partial charge in [0.25, 0.3) is 0 Å². The quantitative estimate of drug-likeness (QED) is 0.659. The minimum absolute atomic E-state index is 0.254. The predicted molar refractivity (Wildman–Crippen MR) is 85.4 cm³/mol. The molecule has 0 saturated carbocycles. The first-order chi connectivity index (χ1) is 10.9. The number of hydrogen-bond donors (Lipinski definition) is 0. The van der Waals surface area contributed by atoms with Gasteiger partial charge in [0, 0.05) is 29.9 Å². The van der Waals surface area contributed by atoms with Gasteiger partial charge in [-0.25, -0.2) is 0 Å². The largest absolute Gasteiger partial charge is 0.416 e. The monoisotopic (exact) mass is 335 g/mol. The molecular weight excluding hydrogens is 323 g/mol. The Hall–Kier alpha value is -2.34. The molecule has 0 radical (unpaired) electrons. The Labute approximate surface area is 134 Å². The molecule has 0 unspecified atom stereocenters. The molecule has 0 N–H and O–H groups in total. The first-order valence-electron chi connectivity index (χ1n) is 6.78. The summed E-state index contributed by atoms with van der Waals surface area (Å²) in [7, 11) is 1.74. The van der Waals surface area contributed by atoms with E-state index < -0.39 is 11.7 Å². The third-order valence-electron chi connectivity index (χ3n) is 3.44. The van der Waals surface area contributed by atoms with E-state index in [-0.39, 0.29) is 16.6 Å². The molecule has 2 heterocycles. The van der Waals surface area contributed by atoms with Crippen LogP contribution in [-0.4, -0.2) is 4.57 Å². The lowest BCUT2D eigenvalue weighted by Crippen LogP contribution is -2.12. The van der Waals surface area contributed by atoms with E-state index in [1.54, 1.807) is 24.0 Å². The van der Waals surface area contributed by atoms with Crippen LogP contribution >= 0.6 is 11.3 Å². The number of aryl methyl sites for hydroxylation is 1. The summed E-state index contributed by atoms with van der Waals surface area (Å²) in [6.45, 7) is 0. The van der Waals surface area contributed by atoms with Gasteiger partial charge in [-0.2, -0.15) is 13.2 Å². The molecule has 118 valence electrons. The Bertz CT molecular complexity index is 895. The molecule has 2 aromatic heterocycles. The molecule has 6 heteroatoms. The number of rotatable bonds is 2. The SMILES string of the molecule is Cn1cc(-c2cccc(C(F)(F)F)c2)c(=O)c(-c2cccs2)c1. The highest BCUT2D eigenvalue weighted by molar-refractivity contribution is 7.13. The second-order valence-electron chi connectivity index (χ2n) is 5.14. The molecule has 0 aliphatic rings. The van der Waals surface area contributed by atoms with Crippen molar-refractivity contribution in [1.82, 2.24) is 4.57 Å². The number of hydrogen-bond acceptors (Lipinski definition) is 2. The first-order valence-corrected chi connectivity index (χ1v) is 7.66. The van der Waals surface area contributed by atoms with E-state index >= 15 is 0 Å². The fraction of sp³-hybridized carbons (Fsp3) is 0.118. The number of benzene rings is 1. The molecule has 0 amide bonds. The van der Waals surface area contributed by atoms with Gasteiger partial charge in [0.2, 0.25) is 0 Å². The summed E-state index contributed by atoms with van der Waals surface area (Å²) in [6, 6.07) is 8.49. The third kappa shape index (κ3) is 3.07. The van der Waals surface area contributed by atoms with Crippen LogP contribution in [0, 0.1) is 0 Å². The minimum Gasteiger partial charge on any atom is -0.356 e. The predicted octanol–water partition coefficient (Wildman–Crippen LogP) is 4.80. The van der Waals surface area contributed by atoms with Gasteiger partial charge < -0.3 is 4.57 Å². The third-order valence-corrected chi connectivity index (χ3v) is 4.35. The van der Waals surface area contributed by atoms with E-state index in [4.69, 9.17) is 0 Å². The van der Waals surface area contributed by atoms with Gasteiger partial charge in [-0.05, 0) is 29.1 Å². The van der Waals surface area contributed by atoms with Crippen LogP contribution in [0.5, 0.6) is 0 Å². The molecule has 1 aromatic carbocycles. The highest BCUT2D eigenvalue weighted by Gasteiger charge is 2.30. The summed E-state index contributed by atoms with van der Waals surface area (Å²) in [5.41, 5.74) is -0.0378. The molecule has 0 atom stereocenters. The van der Waals surface area contributed by atoms with E-state index in [1.807, 2.05) is 17.5 Å². The summed E-state index contributed by atoms with van der Waals surface area (Å²) in [6.07, 6.45) is -1.20. The zero-order valence-electron chi connectivity index (χ0n) is 12.1. The van der Waals surface area contributed by atoms with Crippen LogP contribution in [0.4, 0.5) is 13.2 Å². The molecule has 3 rings (SSSR count). The smallest absolute Gasteiger partial charge is 0.356 e. The van der Waals surface area contributed by atoms with E-state index in [0.29, 0.717) is 5.56 Å². The van der Waals surface area contributed by atoms with Gasteiger partial charge in [-0.1, -0.05) is 18.2 Å². The molecule has 3 aromatic rings. The first kappa shape index (κ1) is 15.6. The molecular formula is C17H12F3NOS. The zero-order valence-corrected chi connectivity index (χ0v) is 12.9. The highest BCUT2D eigenvalue weighted by atomic mass is 32.1. The molecule has 0 aliphatic heterocycles. The van der Waals surface area contributed by atoms with E-state index in [2.05, 4.69) is 0 Å². The van der Waals surface area contributed by atoms with Crippen molar-refractivity contribution in [2.75, 3.05) is 0 Å². The maximum absolute atomic E-state index is 12.9. The lowest BCUT2D eigenvalue weighted by molar-refractivity contribution is -0.137. The van der Waals surface area contributed by atoms with Crippen molar-refractivity contribution in [3.63, 3.8) is 0 Å². The molecule has 0 saturated heterocycles. The minimum atomic E-state index is -4.44. The number of thiophene rings is 1. The molecule has 0 bridgehead atoms. The van der Waals surface area contributed by atoms with Gasteiger partial charge in [-0.3, -0.25) is 4.79 Å². The Kier molecular flexibility index (Phi) is 3.85. The van der Waals surface area contributed by atoms with Crippen LogP contribution in [0.2, 0.25) is 0 Å². The number of pyridine rings is 1. The highest BCUT2D eigenvalue weighted by Crippen LogP contribution is 2.32. The standard InChI is InChI=1S/C17H12F3NOS/c1-21-9-13(11-4-2-5-12(8-11)17(18,19)20)16(22)14(10-21)15-6-3-7-23-15/h2-10H,1H3. The van der Waals surface area contributed by atoms with Gasteiger partial charge >= 0.3 is 6.18 Å². The Morgan fingerprint density at radius 3 is 2.43 bits per heavy atom. The van der Waals surface area contributed by atoms with Gasteiger partial charge in [0.15, 0.2) is 5.43 Å². The van der Waals surface area contributed by atoms with Crippen molar-refractivity contribution in [2.45, 2.75) is 6.18 Å². The van der Waals surface area contributed by atoms with Crippen molar-refractivity contribution < 1.29 is 13.2 Å². The van der Waals surface area contributed by atoms with Crippen LogP contribution in [0.25, 0.3) is 21.6 Å². The summed E-state index contributed by atoms with van der Waals surface area (Å²) < 4.78 is 40.3. The molecule has 0 spiro atoms. The molecule has 0 aliphatic carbocycles. The molecule has 23 heavy (non-hydrogen) atoms. The van der Waals surface area contributed by atoms with Crippen molar-refractivity contribution in [3.8, 4) is 21.6 Å². The van der Waals surface area contributed by atoms with Crippen molar-refractivity contribution in [3.05, 3.63) is 70.0 Å². The topological polar surface area (TPSA) is 22.0 Å². The fourth-order valence-corrected chi connectivity index (χ4v) is 3.12. The van der Waals surface area contributed by atoms with E-state index in [0.717, 1.165) is 17.0 Å². The second-order valence-corrected chi connectivity index (χ2v) is 6.08. The maximum atomic E-state index is 12.9. The van der Waals surface area contributed by atoms with Crippen LogP contribution in [0.15, 0.2) is 59.0 Å². The van der Waals surface area contributed by atoms with Gasteiger partial charge in [0.1, 0.15) is 0 Å². The Morgan fingerprint density at radius 1 is 1.04 bits per heavy atom. The average Bonchev–Trinajstić information content (AvgIpc) is 3.02. The Morgan fingerprint density at radius 2 is 1.78 bits per heavy atom. The van der Waals surface area contributed by atoms with Crippen LogP contribution in [0.1, 0.15) is 5.56 Å². The van der Waals surface area contributed by atoms with Gasteiger partial charge in [0.05, 0.1) is 11.1 Å². The average molecular weight is 335 g/mol. The summed E-state index contributed by atoms with van der Waals surface area (Å²) in [5.74, 6) is 0. The van der Waals surface area contributed by atoms with Crippen molar-refractivity contribution >= 4 is 11.3 Å². The summed E-state index contributed by atoms with van der Waals surface area (Å²) >= 11 is 1.42. The van der Waals surface area contributed by atoms with Gasteiger partial charge in [-0.15, -0.1) is 11.3 Å². The lowest BCUT2D eigenvalue weighted by atomic mass is 10.0. The number of halogens is 3. The van der Waals surface area contributed by atoms with Crippen LogP contribution in [-0.2, 0) is 13.2 Å². The zero-order chi connectivity index (χ0) is 16.6. The Balaban J connectivity index is 2.20. The van der Waals surface area contributed by atoms with Crippen molar-refractivity contribution in [1.29, 1.82) is 0 Å². The number of alkyl halides is 3. The summed E-state index contributed by atoms with van der Waals surface area (Å²) in [4.78, 5) is 13.5. The molecule has 2 nitrogen and oxygen atoms in total. The summed E-state index contributed by atoms with van der Waals surface area (Å²) in [5, 5.41) is 1.85. The normalized spacial score (nSPS) is 11.7. The van der Waals surface area contributed by atoms with Crippen molar-refractivity contribution in [2.24, 2.45) is 7.05 Å². The number of aromatic nitrogens is 1. The number of nitrogens with zero attached hydrogens (tertiary/aromatic N) is 1. The second kappa shape index (κ2) is 5.70. The van der Waals surface area contributed by atoms with Crippen LogP contribution < -0.4 is 5.43 Å². The molecule has 0 fully saturated rings. The lowest BCUT2D eigenvalue weighted by Gasteiger charge is -2.11. The van der Waals surface area contributed by atoms with E-state index in [9.17, 15) is 18.0 Å². The van der Waals surface area contributed by atoms with E-state index in [1.165, 1.54) is 23.5 Å².